The molecule has 0 saturated heterocycles. The van der Waals surface area contributed by atoms with Crippen LogP contribution in [0.25, 0.3) is 0 Å². The van der Waals surface area contributed by atoms with E-state index in [9.17, 15) is 9.59 Å². The minimum atomic E-state index is -0.219. The van der Waals surface area contributed by atoms with E-state index < -0.39 is 0 Å². The highest BCUT2D eigenvalue weighted by Gasteiger charge is 2.30. The number of para-hydroxylation sites is 1. The summed E-state index contributed by atoms with van der Waals surface area (Å²) in [5.74, 6) is -0.219. The van der Waals surface area contributed by atoms with Crippen LogP contribution in [-0.4, -0.2) is 60.3 Å². The minimum Gasteiger partial charge on any atom is -0.400 e. The summed E-state index contributed by atoms with van der Waals surface area (Å²) in [6, 6.07) is 15.0. The Bertz CT molecular complexity index is 1180. The standard InChI is InChI=1S/C25H28N4O2S.C3H5Cl.CH4O/c1-17-18(2)28(13-14-30)19(3)22(17)15-20-9-5-6-10-21(20)25(31)29(26-4)16-27-23-11-7-8-12-24(23)32;1-2-3-4;1-2/h5-12,14,16,18,26,32H,1,13,15H2,2-4H3;2-3H,1H3;2H,1H3/b;3-2+;. The normalized spacial score (nSPS) is 14.8. The van der Waals surface area contributed by atoms with Gasteiger partial charge in [-0.1, -0.05) is 54.6 Å². The first-order valence-corrected chi connectivity index (χ1v) is 12.8. The van der Waals surface area contributed by atoms with Gasteiger partial charge >= 0.3 is 0 Å². The lowest BCUT2D eigenvalue weighted by atomic mass is 9.94. The Morgan fingerprint density at radius 3 is 2.42 bits per heavy atom. The Morgan fingerprint density at radius 2 is 1.84 bits per heavy atom. The molecule has 1 unspecified atom stereocenters. The molecule has 1 heterocycles. The molecule has 38 heavy (non-hydrogen) atoms. The van der Waals surface area contributed by atoms with Crippen molar-refractivity contribution in [3.05, 3.63) is 94.7 Å². The van der Waals surface area contributed by atoms with E-state index in [1.54, 1.807) is 13.1 Å². The highest BCUT2D eigenvalue weighted by Crippen LogP contribution is 2.34. The number of rotatable bonds is 8. The summed E-state index contributed by atoms with van der Waals surface area (Å²) in [7, 11) is 2.67. The largest absolute Gasteiger partial charge is 0.400 e. The van der Waals surface area contributed by atoms with Gasteiger partial charge in [-0.25, -0.2) is 15.4 Å². The molecule has 3 rings (SSSR count). The van der Waals surface area contributed by atoms with E-state index in [1.165, 1.54) is 16.9 Å². The number of thiol groups is 1. The molecule has 2 aromatic rings. The molecule has 2 aromatic carbocycles. The average molecular weight is 557 g/mol. The molecule has 1 aliphatic rings. The van der Waals surface area contributed by atoms with Crippen LogP contribution in [0.15, 0.2) is 93.5 Å². The zero-order valence-corrected chi connectivity index (χ0v) is 24.2. The first-order chi connectivity index (χ1) is 18.3. The molecular weight excluding hydrogens is 520 g/mol. The fourth-order valence-corrected chi connectivity index (χ4v) is 4.08. The van der Waals surface area contributed by atoms with Crippen LogP contribution in [0.1, 0.15) is 36.7 Å². The SMILES string of the molecule is C/C=C/Cl.C=C1C(Cc2ccccc2C(=O)N(C=Nc2ccccc2S)NC)=C(C)N(CC=O)C1C.CO. The fourth-order valence-electron chi connectivity index (χ4n) is 3.86. The third-order valence-corrected chi connectivity index (χ3v) is 6.52. The summed E-state index contributed by atoms with van der Waals surface area (Å²) in [6.07, 6.45) is 4.68. The predicted octanol–water partition coefficient (Wildman–Crippen LogP) is 5.55. The van der Waals surface area contributed by atoms with Crippen LogP contribution in [0.3, 0.4) is 0 Å². The van der Waals surface area contributed by atoms with Gasteiger partial charge in [0.25, 0.3) is 5.91 Å². The molecular formula is C29H37ClN4O3S. The van der Waals surface area contributed by atoms with Crippen molar-refractivity contribution in [2.24, 2.45) is 4.99 Å². The topological polar surface area (TPSA) is 85.2 Å². The summed E-state index contributed by atoms with van der Waals surface area (Å²) < 4.78 is 0. The Labute approximate surface area is 236 Å². The number of carbonyl (C=O) groups is 2. The minimum absolute atomic E-state index is 0.0558. The van der Waals surface area contributed by atoms with E-state index in [-0.39, 0.29) is 11.9 Å². The molecule has 0 aromatic heterocycles. The Balaban J connectivity index is 0.00000110. The van der Waals surface area contributed by atoms with Crippen molar-refractivity contribution in [3.8, 4) is 0 Å². The predicted molar refractivity (Wildman–Crippen MR) is 160 cm³/mol. The van der Waals surface area contributed by atoms with E-state index in [4.69, 9.17) is 16.7 Å². The fraction of sp³-hybridized carbons (Fsp3) is 0.276. The number of hydrogen-bond acceptors (Lipinski definition) is 7. The van der Waals surface area contributed by atoms with Crippen molar-refractivity contribution >= 4 is 48.4 Å². The van der Waals surface area contributed by atoms with Crippen LogP contribution in [0.4, 0.5) is 5.69 Å². The number of nitrogens with zero attached hydrogens (tertiary/aromatic N) is 3. The maximum absolute atomic E-state index is 13.3. The lowest BCUT2D eigenvalue weighted by Gasteiger charge is -2.23. The van der Waals surface area contributed by atoms with Crippen LogP contribution in [-0.2, 0) is 11.2 Å². The zero-order valence-electron chi connectivity index (χ0n) is 22.6. The first kappa shape index (κ1) is 32.9. The summed E-state index contributed by atoms with van der Waals surface area (Å²) in [6.45, 7) is 10.5. The number of amides is 1. The zero-order chi connectivity index (χ0) is 28.7. The smallest absolute Gasteiger partial charge is 0.273 e. The van der Waals surface area contributed by atoms with Gasteiger partial charge in [-0.3, -0.25) is 4.79 Å². The van der Waals surface area contributed by atoms with Gasteiger partial charge in [0.05, 0.1) is 18.3 Å². The molecule has 0 radical (unpaired) electrons. The van der Waals surface area contributed by atoms with Gasteiger partial charge in [-0.2, -0.15) is 0 Å². The number of aldehydes is 1. The molecule has 9 heteroatoms. The van der Waals surface area contributed by atoms with Crippen LogP contribution < -0.4 is 5.43 Å². The number of aliphatic hydroxyl groups excluding tert-OH is 1. The maximum atomic E-state index is 13.3. The molecule has 0 aliphatic carbocycles. The molecule has 204 valence electrons. The van der Waals surface area contributed by atoms with Gasteiger partial charge in [-0.05, 0) is 61.2 Å². The lowest BCUT2D eigenvalue weighted by Crippen LogP contribution is -2.39. The highest BCUT2D eigenvalue weighted by molar-refractivity contribution is 7.80. The molecule has 0 spiro atoms. The van der Waals surface area contributed by atoms with Crippen molar-refractivity contribution in [1.82, 2.24) is 15.3 Å². The number of allylic oxidation sites excluding steroid dienone is 2. The average Bonchev–Trinajstić information content (AvgIpc) is 3.14. The summed E-state index contributed by atoms with van der Waals surface area (Å²) in [5.41, 5.74) is 9.55. The molecule has 1 atom stereocenters. The Hall–Kier alpha value is -3.17. The van der Waals surface area contributed by atoms with E-state index in [0.717, 1.165) is 40.7 Å². The quantitative estimate of drug-likeness (QED) is 0.130. The van der Waals surface area contributed by atoms with Crippen molar-refractivity contribution in [3.63, 3.8) is 0 Å². The summed E-state index contributed by atoms with van der Waals surface area (Å²) in [5, 5.41) is 8.35. The van der Waals surface area contributed by atoms with Gasteiger partial charge < -0.3 is 14.8 Å². The van der Waals surface area contributed by atoms with E-state index >= 15 is 0 Å². The van der Waals surface area contributed by atoms with Gasteiger partial charge in [0.15, 0.2) is 0 Å². The summed E-state index contributed by atoms with van der Waals surface area (Å²) >= 11 is 9.41. The Kier molecular flexibility index (Phi) is 15.0. The van der Waals surface area contributed by atoms with Crippen molar-refractivity contribution < 1.29 is 14.7 Å². The van der Waals surface area contributed by atoms with Gasteiger partial charge in [0.2, 0.25) is 0 Å². The number of hydrogen-bond donors (Lipinski definition) is 3. The van der Waals surface area contributed by atoms with Crippen LogP contribution in [0, 0.1) is 0 Å². The molecule has 7 nitrogen and oxygen atoms in total. The van der Waals surface area contributed by atoms with E-state index in [1.807, 2.05) is 74.2 Å². The second-order valence-electron chi connectivity index (χ2n) is 8.01. The molecule has 0 bridgehead atoms. The molecule has 1 amide bonds. The van der Waals surface area contributed by atoms with Gasteiger partial charge in [0, 0.05) is 36.7 Å². The second kappa shape index (κ2) is 17.4. The van der Waals surface area contributed by atoms with Crippen molar-refractivity contribution in [2.45, 2.75) is 38.1 Å². The molecule has 0 fully saturated rings. The van der Waals surface area contributed by atoms with Crippen LogP contribution in [0.5, 0.6) is 0 Å². The third-order valence-electron chi connectivity index (χ3n) is 5.89. The first-order valence-electron chi connectivity index (χ1n) is 12.0. The number of carbonyl (C=O) groups excluding carboxylic acids is 2. The van der Waals surface area contributed by atoms with Crippen molar-refractivity contribution in [2.75, 3.05) is 20.7 Å². The number of nitrogens with one attached hydrogen (secondary N) is 1. The Morgan fingerprint density at radius 1 is 1.24 bits per heavy atom. The van der Waals surface area contributed by atoms with Gasteiger partial charge in [-0.15, -0.1) is 12.6 Å². The van der Waals surface area contributed by atoms with Crippen LogP contribution >= 0.6 is 24.2 Å². The number of benzene rings is 2. The van der Waals surface area contributed by atoms with Gasteiger partial charge in [0.1, 0.15) is 12.6 Å². The monoisotopic (exact) mass is 556 g/mol. The highest BCUT2D eigenvalue weighted by atomic mass is 35.5. The number of aliphatic hydroxyl groups is 1. The van der Waals surface area contributed by atoms with Crippen LogP contribution in [0.2, 0.25) is 0 Å². The summed E-state index contributed by atoms with van der Waals surface area (Å²) in [4.78, 5) is 31.6. The maximum Gasteiger partial charge on any atom is 0.273 e. The van der Waals surface area contributed by atoms with Crippen molar-refractivity contribution in [1.29, 1.82) is 0 Å². The van der Waals surface area contributed by atoms with E-state index in [0.29, 0.717) is 24.2 Å². The second-order valence-corrected chi connectivity index (χ2v) is 8.74. The molecule has 1 aliphatic heterocycles. The number of aliphatic imine (C=N–C) groups is 1. The number of hydrazine groups is 1. The molecule has 0 saturated carbocycles. The lowest BCUT2D eigenvalue weighted by molar-refractivity contribution is -0.108. The molecule has 2 N–H and O–H groups in total. The third kappa shape index (κ3) is 8.70. The van der Waals surface area contributed by atoms with E-state index in [2.05, 4.69) is 29.6 Å². The number of halogens is 1.